The second-order valence-electron chi connectivity index (χ2n) is 9.29. The second-order valence-corrected chi connectivity index (χ2v) is 9.29. The summed E-state index contributed by atoms with van der Waals surface area (Å²) in [6, 6.07) is 1.45. The highest BCUT2D eigenvalue weighted by Gasteiger charge is 2.43. The molecule has 0 bridgehead atoms. The number of carboxylic acids is 1. The van der Waals surface area contributed by atoms with Crippen molar-refractivity contribution in [3.05, 3.63) is 40.2 Å². The molecular weight excluding hydrogens is 371 g/mol. The molecule has 154 valence electrons. The van der Waals surface area contributed by atoms with Gasteiger partial charge in [-0.1, -0.05) is 12.5 Å². The molecule has 0 spiro atoms. The van der Waals surface area contributed by atoms with Gasteiger partial charge in [0, 0.05) is 30.6 Å². The number of aliphatic carboxylic acids is 1. The maximum Gasteiger partial charge on any atom is 0.339 e. The average molecular weight is 398 g/mol. The number of anilines is 1. The van der Waals surface area contributed by atoms with E-state index in [0.717, 1.165) is 56.3 Å². The summed E-state index contributed by atoms with van der Waals surface area (Å²) < 4.78 is 15.3. The number of carboxylic acid groups (broad SMARTS) is 1. The summed E-state index contributed by atoms with van der Waals surface area (Å²) >= 11 is 0. The highest BCUT2D eigenvalue weighted by Crippen LogP contribution is 2.50. The van der Waals surface area contributed by atoms with Crippen LogP contribution in [0.25, 0.3) is 0 Å². The fourth-order valence-corrected chi connectivity index (χ4v) is 5.97. The molecule has 1 aliphatic heterocycles. The first kappa shape index (κ1) is 18.8. The lowest BCUT2D eigenvalue weighted by Crippen LogP contribution is -2.38. The van der Waals surface area contributed by atoms with E-state index in [1.807, 2.05) is 6.92 Å². The van der Waals surface area contributed by atoms with Crippen LogP contribution in [0.5, 0.6) is 0 Å². The summed E-state index contributed by atoms with van der Waals surface area (Å²) in [5.74, 6) is -1.14. The zero-order valence-corrected chi connectivity index (χ0v) is 16.7. The Bertz CT molecular complexity index is 937. The lowest BCUT2D eigenvalue weighted by atomic mass is 9.78. The number of hydrogen-bond donors (Lipinski definition) is 2. The Kier molecular flexibility index (Phi) is 4.32. The van der Waals surface area contributed by atoms with Gasteiger partial charge in [-0.2, -0.15) is 0 Å². The van der Waals surface area contributed by atoms with E-state index in [4.69, 9.17) is 5.73 Å². The van der Waals surface area contributed by atoms with E-state index in [-0.39, 0.29) is 23.1 Å². The standard InChI is InChI=1S/C23H27FN2O3/c1-11-20-14(12-5-6-12)7-16(23(28)29)22(27)15(20)8-18(24)21(11)26-9-13-3-2-4-19(25)17(13)10-26/h7-8,12-14,17,19H,2-6,9-10,25H2,1H3,(H,28,29)/t13-,14?,17+,19?/m1/s1. The van der Waals surface area contributed by atoms with Gasteiger partial charge in [-0.05, 0) is 67.6 Å². The summed E-state index contributed by atoms with van der Waals surface area (Å²) in [5, 5.41) is 9.46. The molecule has 1 heterocycles. The van der Waals surface area contributed by atoms with Crippen LogP contribution < -0.4 is 10.6 Å². The number of rotatable bonds is 3. The number of nitrogens with zero attached hydrogens (tertiary/aromatic N) is 1. The fourth-order valence-electron chi connectivity index (χ4n) is 5.97. The maximum atomic E-state index is 15.3. The predicted octanol–water partition coefficient (Wildman–Crippen LogP) is 3.40. The number of hydrogen-bond acceptors (Lipinski definition) is 4. The molecule has 1 aromatic carbocycles. The monoisotopic (exact) mass is 398 g/mol. The first-order chi connectivity index (χ1) is 13.9. The number of carbonyl (C=O) groups excluding carboxylic acids is 1. The van der Waals surface area contributed by atoms with E-state index in [9.17, 15) is 14.7 Å². The third kappa shape index (κ3) is 2.91. The van der Waals surface area contributed by atoms with Crippen LogP contribution in [0.2, 0.25) is 0 Å². The Hall–Kier alpha value is -2.21. The van der Waals surface area contributed by atoms with Gasteiger partial charge in [0.2, 0.25) is 0 Å². The number of carbonyl (C=O) groups is 2. The third-order valence-electron chi connectivity index (χ3n) is 7.55. The highest BCUT2D eigenvalue weighted by atomic mass is 19.1. The van der Waals surface area contributed by atoms with Crippen molar-refractivity contribution in [3.8, 4) is 0 Å². The zero-order valence-electron chi connectivity index (χ0n) is 16.7. The number of nitrogens with two attached hydrogens (primary N) is 1. The summed E-state index contributed by atoms with van der Waals surface area (Å²) in [5.41, 5.74) is 8.56. The van der Waals surface area contributed by atoms with Gasteiger partial charge in [-0.25, -0.2) is 9.18 Å². The molecule has 3 aliphatic carbocycles. The van der Waals surface area contributed by atoms with Crippen LogP contribution in [0, 0.1) is 30.5 Å². The van der Waals surface area contributed by atoms with Gasteiger partial charge in [0.15, 0.2) is 5.78 Å². The van der Waals surface area contributed by atoms with Gasteiger partial charge in [-0.3, -0.25) is 4.79 Å². The molecule has 0 aromatic heterocycles. The fraction of sp³-hybridized carbons (Fsp3) is 0.565. The minimum Gasteiger partial charge on any atom is -0.478 e. The van der Waals surface area contributed by atoms with E-state index in [0.29, 0.717) is 23.4 Å². The molecule has 1 aromatic rings. The van der Waals surface area contributed by atoms with Crippen LogP contribution in [0.15, 0.2) is 17.7 Å². The van der Waals surface area contributed by atoms with Crippen LogP contribution in [0.4, 0.5) is 10.1 Å². The first-order valence-electron chi connectivity index (χ1n) is 10.7. The summed E-state index contributed by atoms with van der Waals surface area (Å²) in [4.78, 5) is 26.5. The Labute approximate surface area is 169 Å². The minimum atomic E-state index is -1.23. The van der Waals surface area contributed by atoms with Crippen LogP contribution in [-0.2, 0) is 4.79 Å². The molecule has 0 radical (unpaired) electrons. The third-order valence-corrected chi connectivity index (χ3v) is 7.55. The first-order valence-corrected chi connectivity index (χ1v) is 10.7. The highest BCUT2D eigenvalue weighted by molar-refractivity contribution is 6.25. The molecule has 3 fully saturated rings. The molecule has 6 heteroatoms. The molecule has 4 atom stereocenters. The van der Waals surface area contributed by atoms with Crippen molar-refractivity contribution in [2.75, 3.05) is 18.0 Å². The van der Waals surface area contributed by atoms with E-state index in [1.165, 1.54) is 6.07 Å². The largest absolute Gasteiger partial charge is 0.478 e. The number of allylic oxidation sites excluding steroid dienone is 1. The molecule has 5 nitrogen and oxygen atoms in total. The molecule has 0 amide bonds. The summed E-state index contributed by atoms with van der Waals surface area (Å²) in [6.45, 7) is 3.44. The van der Waals surface area contributed by atoms with Crippen molar-refractivity contribution in [1.29, 1.82) is 0 Å². The number of fused-ring (bicyclic) bond motifs is 2. The molecule has 29 heavy (non-hydrogen) atoms. The normalized spacial score (nSPS) is 31.3. The molecular formula is C23H27FN2O3. The van der Waals surface area contributed by atoms with Crippen molar-refractivity contribution >= 4 is 17.4 Å². The maximum absolute atomic E-state index is 15.3. The minimum absolute atomic E-state index is 0.125. The van der Waals surface area contributed by atoms with Crippen LogP contribution in [-0.4, -0.2) is 36.0 Å². The topological polar surface area (TPSA) is 83.6 Å². The number of ketones is 1. The van der Waals surface area contributed by atoms with E-state index in [1.54, 1.807) is 6.08 Å². The molecule has 4 aliphatic rings. The van der Waals surface area contributed by atoms with Gasteiger partial charge < -0.3 is 15.7 Å². The van der Waals surface area contributed by atoms with Crippen LogP contribution >= 0.6 is 0 Å². The Morgan fingerprint density at radius 2 is 1.97 bits per heavy atom. The van der Waals surface area contributed by atoms with E-state index >= 15 is 4.39 Å². The Balaban J connectivity index is 1.59. The lowest BCUT2D eigenvalue weighted by molar-refractivity contribution is -0.132. The molecule has 1 saturated heterocycles. The van der Waals surface area contributed by atoms with Gasteiger partial charge in [0.25, 0.3) is 0 Å². The molecule has 2 unspecified atom stereocenters. The second kappa shape index (κ2) is 6.66. The SMILES string of the molecule is Cc1c2c(cc(F)c1N1C[C@H]3CCCC(N)[C@H]3C1)C(=O)C(C(=O)O)=CC2C1CC1. The van der Waals surface area contributed by atoms with Crippen molar-refractivity contribution in [3.63, 3.8) is 0 Å². The molecule has 3 N–H and O–H groups in total. The van der Waals surface area contributed by atoms with Crippen LogP contribution in [0.3, 0.4) is 0 Å². The summed E-state index contributed by atoms with van der Waals surface area (Å²) in [6.07, 6.45) is 6.92. The van der Waals surface area contributed by atoms with Crippen molar-refractivity contribution < 1.29 is 19.1 Å². The summed E-state index contributed by atoms with van der Waals surface area (Å²) in [7, 11) is 0. The van der Waals surface area contributed by atoms with Gasteiger partial charge >= 0.3 is 5.97 Å². The van der Waals surface area contributed by atoms with Crippen LogP contribution in [0.1, 0.15) is 59.5 Å². The predicted molar refractivity (Wildman–Crippen MR) is 108 cm³/mol. The molecule has 5 rings (SSSR count). The van der Waals surface area contributed by atoms with Gasteiger partial charge in [-0.15, -0.1) is 0 Å². The molecule has 2 saturated carbocycles. The smallest absolute Gasteiger partial charge is 0.339 e. The average Bonchev–Trinajstić information content (AvgIpc) is 3.42. The number of Topliss-reactive ketones (excluding diaryl/α,β-unsaturated/α-hetero) is 1. The van der Waals surface area contributed by atoms with Gasteiger partial charge in [0.1, 0.15) is 11.4 Å². The lowest BCUT2D eigenvalue weighted by Gasteiger charge is -2.30. The van der Waals surface area contributed by atoms with Gasteiger partial charge in [0.05, 0.1) is 5.69 Å². The quantitative estimate of drug-likeness (QED) is 0.763. The van der Waals surface area contributed by atoms with Crippen molar-refractivity contribution in [2.45, 2.75) is 51.0 Å². The Morgan fingerprint density at radius 1 is 1.21 bits per heavy atom. The van der Waals surface area contributed by atoms with Crippen molar-refractivity contribution in [1.82, 2.24) is 0 Å². The number of halogens is 1. The van der Waals surface area contributed by atoms with E-state index in [2.05, 4.69) is 4.90 Å². The Morgan fingerprint density at radius 3 is 2.62 bits per heavy atom. The van der Waals surface area contributed by atoms with E-state index < -0.39 is 17.6 Å². The van der Waals surface area contributed by atoms with Crippen molar-refractivity contribution in [2.24, 2.45) is 23.5 Å². The number of benzene rings is 1. The zero-order chi connectivity index (χ0) is 20.4.